The molecule has 0 saturated carbocycles. The summed E-state index contributed by atoms with van der Waals surface area (Å²) in [6.07, 6.45) is 4.59. The quantitative estimate of drug-likeness (QED) is 0.469. The van der Waals surface area contributed by atoms with Gasteiger partial charge in [0.1, 0.15) is 0 Å². The van der Waals surface area contributed by atoms with Crippen molar-refractivity contribution in [3.8, 4) is 0 Å². The van der Waals surface area contributed by atoms with Crippen molar-refractivity contribution >= 4 is 17.8 Å². The van der Waals surface area contributed by atoms with E-state index in [-0.39, 0.29) is 17.6 Å². The molecule has 0 radical (unpaired) electrons. The number of non-ortho nitro benzene ring substituents is 1. The van der Waals surface area contributed by atoms with E-state index in [9.17, 15) is 14.9 Å². The zero-order valence-corrected chi connectivity index (χ0v) is 11.9. The standard InChI is InChI=1S/C14H18N4O3/c1-17-9-3-2-4-13(17)14(19)16-15-10-11-5-7-12(8-6-11)18(20)21/h5-8,10,13H,2-4,9H2,1H3,(H,16,19)/p+1. The third-order valence-corrected chi connectivity index (χ3v) is 3.72. The summed E-state index contributed by atoms with van der Waals surface area (Å²) in [5.41, 5.74) is 3.27. The van der Waals surface area contributed by atoms with E-state index in [1.807, 2.05) is 7.05 Å². The molecule has 0 aliphatic carbocycles. The maximum absolute atomic E-state index is 12.0. The number of quaternary nitrogens is 1. The van der Waals surface area contributed by atoms with Crippen molar-refractivity contribution in [2.75, 3.05) is 13.6 Å². The number of hydrogen-bond acceptors (Lipinski definition) is 4. The van der Waals surface area contributed by atoms with Gasteiger partial charge in [-0.05, 0) is 30.5 Å². The van der Waals surface area contributed by atoms with Gasteiger partial charge in [-0.3, -0.25) is 14.9 Å². The van der Waals surface area contributed by atoms with Crippen LogP contribution in [0.5, 0.6) is 0 Å². The number of benzene rings is 1. The lowest BCUT2D eigenvalue weighted by atomic mass is 10.0. The second-order valence-corrected chi connectivity index (χ2v) is 5.23. The monoisotopic (exact) mass is 291 g/mol. The molecule has 0 aromatic heterocycles. The summed E-state index contributed by atoms with van der Waals surface area (Å²) in [7, 11) is 2.02. The fourth-order valence-corrected chi connectivity index (χ4v) is 2.46. The molecule has 1 aliphatic heterocycles. The van der Waals surface area contributed by atoms with Crippen molar-refractivity contribution in [2.45, 2.75) is 25.3 Å². The van der Waals surface area contributed by atoms with Crippen LogP contribution >= 0.6 is 0 Å². The van der Waals surface area contributed by atoms with Crippen LogP contribution in [0.2, 0.25) is 0 Å². The first kappa shape index (κ1) is 15.1. The third-order valence-electron chi connectivity index (χ3n) is 3.72. The molecule has 2 rings (SSSR count). The molecule has 2 atom stereocenters. The van der Waals surface area contributed by atoms with E-state index in [1.165, 1.54) is 23.2 Å². The van der Waals surface area contributed by atoms with Crippen LogP contribution in [-0.2, 0) is 4.79 Å². The molecule has 2 unspecified atom stereocenters. The number of carbonyl (C=O) groups is 1. The average Bonchev–Trinajstić information content (AvgIpc) is 2.48. The van der Waals surface area contributed by atoms with Gasteiger partial charge >= 0.3 is 0 Å². The summed E-state index contributed by atoms with van der Waals surface area (Å²) >= 11 is 0. The summed E-state index contributed by atoms with van der Waals surface area (Å²) < 4.78 is 0. The highest BCUT2D eigenvalue weighted by Gasteiger charge is 2.29. The minimum atomic E-state index is -0.454. The maximum Gasteiger partial charge on any atom is 0.298 e. The smallest absolute Gasteiger partial charge is 0.298 e. The predicted octanol–water partition coefficient (Wildman–Crippen LogP) is 0.112. The molecule has 0 spiro atoms. The van der Waals surface area contributed by atoms with Crippen LogP contribution in [0.25, 0.3) is 0 Å². The normalized spacial score (nSPS) is 22.1. The molecule has 7 nitrogen and oxygen atoms in total. The lowest BCUT2D eigenvalue weighted by Gasteiger charge is -2.27. The molecular weight excluding hydrogens is 272 g/mol. The van der Waals surface area contributed by atoms with Crippen molar-refractivity contribution in [3.63, 3.8) is 0 Å². The number of nitrogens with one attached hydrogen (secondary N) is 2. The second kappa shape index (κ2) is 6.94. The Morgan fingerprint density at radius 3 is 2.76 bits per heavy atom. The Bertz CT molecular complexity index is 542. The number of likely N-dealkylation sites (N-methyl/N-ethyl adjacent to an activating group) is 1. The van der Waals surface area contributed by atoms with Gasteiger partial charge in [0.25, 0.3) is 11.6 Å². The Balaban J connectivity index is 1.89. The van der Waals surface area contributed by atoms with Crippen LogP contribution < -0.4 is 10.3 Å². The molecule has 2 N–H and O–H groups in total. The SMILES string of the molecule is C[NH+]1CCCCC1C(=O)NN=Cc1ccc([N+](=O)[O-])cc1. The first-order valence-corrected chi connectivity index (χ1v) is 6.97. The van der Waals surface area contributed by atoms with Gasteiger partial charge in [0.15, 0.2) is 6.04 Å². The topological polar surface area (TPSA) is 89.0 Å². The Kier molecular flexibility index (Phi) is 4.99. The van der Waals surface area contributed by atoms with Crippen LogP contribution in [0.3, 0.4) is 0 Å². The van der Waals surface area contributed by atoms with Gasteiger partial charge in [0, 0.05) is 18.6 Å². The Morgan fingerprint density at radius 2 is 2.14 bits per heavy atom. The highest BCUT2D eigenvalue weighted by molar-refractivity contribution is 5.84. The van der Waals surface area contributed by atoms with E-state index in [2.05, 4.69) is 10.5 Å². The van der Waals surface area contributed by atoms with Crippen molar-refractivity contribution in [1.82, 2.24) is 5.43 Å². The summed E-state index contributed by atoms with van der Waals surface area (Å²) in [6, 6.07) is 5.94. The first-order chi connectivity index (χ1) is 10.1. The number of amides is 1. The number of nitrogens with zero attached hydrogens (tertiary/aromatic N) is 2. The number of hydrazone groups is 1. The largest absolute Gasteiger partial charge is 0.327 e. The van der Waals surface area contributed by atoms with Gasteiger partial charge in [0.2, 0.25) is 0 Å². The summed E-state index contributed by atoms with van der Waals surface area (Å²) in [5, 5.41) is 14.5. The zero-order valence-electron chi connectivity index (χ0n) is 11.9. The lowest BCUT2D eigenvalue weighted by molar-refractivity contribution is -0.901. The number of piperidine rings is 1. The molecule has 1 aromatic rings. The highest BCUT2D eigenvalue weighted by Crippen LogP contribution is 2.10. The summed E-state index contributed by atoms with van der Waals surface area (Å²) in [6.45, 7) is 1.00. The molecule has 21 heavy (non-hydrogen) atoms. The molecule has 1 heterocycles. The van der Waals surface area contributed by atoms with Crippen LogP contribution in [-0.4, -0.2) is 36.7 Å². The third kappa shape index (κ3) is 4.09. The number of likely N-dealkylation sites (tertiary alicyclic amines) is 1. The summed E-state index contributed by atoms with van der Waals surface area (Å²) in [5.74, 6) is -0.0784. The van der Waals surface area contributed by atoms with Crippen molar-refractivity contribution in [3.05, 3.63) is 39.9 Å². The number of carbonyl (C=O) groups excluding carboxylic acids is 1. The summed E-state index contributed by atoms with van der Waals surface area (Å²) in [4.78, 5) is 23.3. The molecule has 1 aliphatic rings. The average molecular weight is 291 g/mol. The number of hydrogen-bond donors (Lipinski definition) is 2. The second-order valence-electron chi connectivity index (χ2n) is 5.23. The number of rotatable bonds is 4. The number of nitro benzene ring substituents is 1. The van der Waals surface area contributed by atoms with E-state index in [0.717, 1.165) is 25.8 Å². The maximum atomic E-state index is 12.0. The van der Waals surface area contributed by atoms with E-state index < -0.39 is 4.92 Å². The van der Waals surface area contributed by atoms with Gasteiger partial charge in [-0.25, -0.2) is 5.43 Å². The number of nitro groups is 1. The Labute approximate surface area is 122 Å². The van der Waals surface area contributed by atoms with E-state index in [4.69, 9.17) is 0 Å². The molecule has 0 bridgehead atoms. The van der Waals surface area contributed by atoms with Gasteiger partial charge in [-0.15, -0.1) is 0 Å². The first-order valence-electron chi connectivity index (χ1n) is 6.97. The minimum Gasteiger partial charge on any atom is -0.327 e. The fraction of sp³-hybridized carbons (Fsp3) is 0.429. The van der Waals surface area contributed by atoms with Crippen LogP contribution in [0.15, 0.2) is 29.4 Å². The molecule has 112 valence electrons. The van der Waals surface area contributed by atoms with E-state index in [1.54, 1.807) is 12.1 Å². The fourth-order valence-electron chi connectivity index (χ4n) is 2.46. The van der Waals surface area contributed by atoms with Gasteiger partial charge in [-0.1, -0.05) is 0 Å². The highest BCUT2D eigenvalue weighted by atomic mass is 16.6. The molecule has 1 fully saturated rings. The van der Waals surface area contributed by atoms with Crippen LogP contribution in [0.1, 0.15) is 24.8 Å². The molecule has 1 saturated heterocycles. The van der Waals surface area contributed by atoms with E-state index in [0.29, 0.717) is 5.56 Å². The molecule has 1 amide bonds. The van der Waals surface area contributed by atoms with Gasteiger partial charge in [-0.2, -0.15) is 5.10 Å². The van der Waals surface area contributed by atoms with Crippen LogP contribution in [0.4, 0.5) is 5.69 Å². The van der Waals surface area contributed by atoms with Crippen molar-refractivity contribution in [1.29, 1.82) is 0 Å². The van der Waals surface area contributed by atoms with Crippen molar-refractivity contribution < 1.29 is 14.6 Å². The van der Waals surface area contributed by atoms with Gasteiger partial charge < -0.3 is 4.90 Å². The minimum absolute atomic E-state index is 0.0311. The molecule has 7 heteroatoms. The molecule has 1 aromatic carbocycles. The zero-order chi connectivity index (χ0) is 15.2. The van der Waals surface area contributed by atoms with Gasteiger partial charge in [0.05, 0.1) is 24.7 Å². The van der Waals surface area contributed by atoms with E-state index >= 15 is 0 Å². The lowest BCUT2D eigenvalue weighted by Crippen LogP contribution is -3.15. The van der Waals surface area contributed by atoms with Crippen molar-refractivity contribution in [2.24, 2.45) is 5.10 Å². The van der Waals surface area contributed by atoms with Crippen LogP contribution in [0, 0.1) is 10.1 Å². The Morgan fingerprint density at radius 1 is 1.43 bits per heavy atom. The Hall–Kier alpha value is -2.28. The predicted molar refractivity (Wildman–Crippen MR) is 78.2 cm³/mol. The molecular formula is C14H19N4O3+.